The van der Waals surface area contributed by atoms with Crippen LogP contribution in [-0.4, -0.2) is 22.6 Å². The van der Waals surface area contributed by atoms with Crippen LogP contribution >= 0.6 is 0 Å². The monoisotopic (exact) mass is 339 g/mol. The van der Waals surface area contributed by atoms with Crippen LogP contribution in [0.1, 0.15) is 0 Å². The molecule has 2 aromatic rings. The molecular weight excluding hydrogens is 320 g/mol. The second-order valence-electron chi connectivity index (χ2n) is 4.68. The van der Waals surface area contributed by atoms with E-state index in [2.05, 4.69) is 16.6 Å². The predicted octanol–water partition coefficient (Wildman–Crippen LogP) is 0.664. The third-order valence-electron chi connectivity index (χ3n) is 3.13. The average Bonchev–Trinajstić information content (AvgIpc) is 2.52. The van der Waals surface area contributed by atoms with Crippen LogP contribution in [0.25, 0.3) is 0 Å². The molecule has 0 atom stereocenters. The molecule has 0 saturated heterocycles. The lowest BCUT2D eigenvalue weighted by Crippen LogP contribution is -2.40. The van der Waals surface area contributed by atoms with E-state index in [9.17, 15) is 8.42 Å². The first-order valence-electron chi connectivity index (χ1n) is 6.58. The number of anilines is 2. The van der Waals surface area contributed by atoms with Crippen LogP contribution in [0.5, 0.6) is 11.5 Å². The van der Waals surface area contributed by atoms with Gasteiger partial charge in [-0.15, -0.1) is 0 Å². The average molecular weight is 339 g/mol. The normalized spacial score (nSPS) is 11.0. The molecule has 0 aliphatic carbocycles. The van der Waals surface area contributed by atoms with E-state index < -0.39 is 10.0 Å². The van der Waals surface area contributed by atoms with Crippen molar-refractivity contribution in [3.05, 3.63) is 36.4 Å². The van der Waals surface area contributed by atoms with Gasteiger partial charge >= 0.3 is 0 Å². The van der Waals surface area contributed by atoms with Gasteiger partial charge in [0.05, 0.1) is 24.8 Å². The van der Waals surface area contributed by atoms with Crippen molar-refractivity contribution in [3.8, 4) is 11.5 Å². The fourth-order valence-corrected chi connectivity index (χ4v) is 2.44. The molecule has 0 saturated carbocycles. The van der Waals surface area contributed by atoms with Gasteiger partial charge in [-0.05, 0) is 24.3 Å². The lowest BCUT2D eigenvalue weighted by atomic mass is 10.2. The zero-order chi connectivity index (χ0) is 17.0. The van der Waals surface area contributed by atoms with Crippen LogP contribution in [0.4, 0.5) is 17.1 Å². The van der Waals surface area contributed by atoms with Crippen molar-refractivity contribution in [2.75, 3.05) is 25.1 Å². The van der Waals surface area contributed by atoms with E-state index >= 15 is 0 Å². The van der Waals surface area contributed by atoms with E-state index in [1.54, 1.807) is 38.5 Å². The highest BCUT2D eigenvalue weighted by Gasteiger charge is 2.11. The molecule has 9 heteroatoms. The molecule has 0 unspecified atom stereocenters. The number of benzene rings is 2. The van der Waals surface area contributed by atoms with E-state index in [-0.39, 0.29) is 4.90 Å². The molecule has 0 heterocycles. The zero-order valence-electron chi connectivity index (χ0n) is 12.8. The Labute approximate surface area is 134 Å². The molecule has 23 heavy (non-hydrogen) atoms. The Kier molecular flexibility index (Phi) is 4.94. The molecule has 2 rings (SSSR count). The first kappa shape index (κ1) is 16.9. The first-order chi connectivity index (χ1) is 10.8. The summed E-state index contributed by atoms with van der Waals surface area (Å²) in [6, 6.07) is 9.49. The Morgan fingerprint density at radius 1 is 1.00 bits per heavy atom. The van der Waals surface area contributed by atoms with Gasteiger partial charge in [-0.1, -0.05) is 0 Å². The highest BCUT2D eigenvalue weighted by Crippen LogP contribution is 2.33. The molecule has 8 nitrogen and oxygen atoms in total. The van der Waals surface area contributed by atoms with Crippen LogP contribution in [0.2, 0.25) is 0 Å². The summed E-state index contributed by atoms with van der Waals surface area (Å²) in [4.78, 5) is 0.0451. The van der Waals surface area contributed by atoms with Crippen molar-refractivity contribution in [3.63, 3.8) is 0 Å². The lowest BCUT2D eigenvalue weighted by molar-refractivity contribution is -0.256. The number of rotatable bonds is 6. The van der Waals surface area contributed by atoms with Gasteiger partial charge in [0.2, 0.25) is 10.0 Å². The Morgan fingerprint density at radius 2 is 1.61 bits per heavy atom. The van der Waals surface area contributed by atoms with Crippen molar-refractivity contribution in [1.29, 1.82) is 0 Å². The molecule has 2 aromatic carbocycles. The maximum atomic E-state index is 11.2. The maximum absolute atomic E-state index is 11.2. The molecule has 0 aromatic heterocycles. The van der Waals surface area contributed by atoms with E-state index in [0.717, 1.165) is 0 Å². The number of hydrogen-bond donors (Lipinski definition) is 4. The van der Waals surface area contributed by atoms with Crippen LogP contribution in [-0.2, 0) is 10.0 Å². The number of hydrazine groups is 1. The molecule has 124 valence electrons. The van der Waals surface area contributed by atoms with Gasteiger partial charge < -0.3 is 20.6 Å². The molecule has 0 fully saturated rings. The largest absolute Gasteiger partial charge is 0.494 e. The number of nitrogens with two attached hydrogens (primary N) is 1. The standard InChI is InChI=1S/C14H18N4O4S/c1-21-13-8-12(14(22-2)7-11(13)15)18-17-9-3-5-10(6-4-9)23(16,19)20/h3-8,17-18H,15H2,1-2H3,(H2,16,19,20)/p+1. The van der Waals surface area contributed by atoms with E-state index in [1.807, 2.05) is 0 Å². The van der Waals surface area contributed by atoms with E-state index in [4.69, 9.17) is 14.6 Å². The maximum Gasteiger partial charge on any atom is 0.238 e. The molecule has 0 aliphatic heterocycles. The number of nitrogens with one attached hydrogen (secondary N) is 2. The highest BCUT2D eigenvalue weighted by atomic mass is 32.2. The quantitative estimate of drug-likeness (QED) is 0.572. The number of sulfonamides is 1. The smallest absolute Gasteiger partial charge is 0.238 e. The number of quaternary nitrogens is 1. The van der Waals surface area contributed by atoms with Crippen molar-refractivity contribution in [2.45, 2.75) is 4.90 Å². The Bertz CT molecular complexity index is 791. The number of methoxy groups -OCH3 is 2. The topological polar surface area (TPSA) is 130 Å². The minimum absolute atomic E-state index is 0.0451. The van der Waals surface area contributed by atoms with Crippen molar-refractivity contribution in [1.82, 2.24) is 0 Å². The third kappa shape index (κ3) is 4.03. The zero-order valence-corrected chi connectivity index (χ0v) is 13.6. The molecule has 0 bridgehead atoms. The minimum atomic E-state index is -3.70. The van der Waals surface area contributed by atoms with Gasteiger partial charge in [-0.3, -0.25) is 5.43 Å². The number of primary sulfonamides is 1. The fourth-order valence-electron chi connectivity index (χ4n) is 1.93. The van der Waals surface area contributed by atoms with Gasteiger partial charge in [0, 0.05) is 12.1 Å². The molecule has 0 spiro atoms. The third-order valence-corrected chi connectivity index (χ3v) is 4.06. The second kappa shape index (κ2) is 6.73. The summed E-state index contributed by atoms with van der Waals surface area (Å²) in [5.74, 6) is 1.20. The van der Waals surface area contributed by atoms with Gasteiger partial charge in [-0.25, -0.2) is 13.6 Å². The summed E-state index contributed by atoms with van der Waals surface area (Å²) < 4.78 is 32.9. The summed E-state index contributed by atoms with van der Waals surface area (Å²) >= 11 is 0. The van der Waals surface area contributed by atoms with Crippen LogP contribution in [0.15, 0.2) is 41.3 Å². The van der Waals surface area contributed by atoms with E-state index in [1.165, 1.54) is 12.1 Å². The molecule has 0 aliphatic rings. The van der Waals surface area contributed by atoms with Crippen LogP contribution in [0.3, 0.4) is 0 Å². The molecule has 7 N–H and O–H groups in total. The molecular formula is C14H19N4O4S+. The number of hydrogen-bond acceptors (Lipinski definition) is 6. The summed E-state index contributed by atoms with van der Waals surface area (Å²) in [5, 5.41) is 5.06. The van der Waals surface area contributed by atoms with Crippen molar-refractivity contribution in [2.24, 2.45) is 5.14 Å². The van der Waals surface area contributed by atoms with Crippen LogP contribution in [0, 0.1) is 0 Å². The lowest BCUT2D eigenvalue weighted by Gasteiger charge is -2.14. The predicted molar refractivity (Wildman–Crippen MR) is 87.2 cm³/mol. The Hall–Kier alpha value is -2.49. The van der Waals surface area contributed by atoms with Gasteiger partial charge in [0.25, 0.3) is 0 Å². The summed E-state index contributed by atoms with van der Waals surface area (Å²) in [6.45, 7) is 0. The van der Waals surface area contributed by atoms with Crippen molar-refractivity contribution >= 4 is 27.1 Å². The summed E-state index contributed by atoms with van der Waals surface area (Å²) in [6.07, 6.45) is 0. The minimum Gasteiger partial charge on any atom is -0.494 e. The summed E-state index contributed by atoms with van der Waals surface area (Å²) in [5.41, 5.74) is 11.8. The second-order valence-corrected chi connectivity index (χ2v) is 6.25. The van der Waals surface area contributed by atoms with Gasteiger partial charge in [0.15, 0.2) is 11.4 Å². The van der Waals surface area contributed by atoms with Gasteiger partial charge in [0.1, 0.15) is 11.4 Å². The number of ether oxygens (including phenoxy) is 2. The van der Waals surface area contributed by atoms with E-state index in [0.29, 0.717) is 28.6 Å². The highest BCUT2D eigenvalue weighted by molar-refractivity contribution is 7.89. The van der Waals surface area contributed by atoms with Gasteiger partial charge in [-0.2, -0.15) is 0 Å². The Balaban J connectivity index is 2.17. The molecule has 0 amide bonds. The first-order valence-corrected chi connectivity index (χ1v) is 8.12. The summed E-state index contributed by atoms with van der Waals surface area (Å²) in [7, 11) is -0.599. The van der Waals surface area contributed by atoms with Crippen molar-refractivity contribution < 1.29 is 23.6 Å². The Morgan fingerprint density at radius 3 is 2.13 bits per heavy atom. The molecule has 0 radical (unpaired) electrons. The fraction of sp³-hybridized carbons (Fsp3) is 0.143. The van der Waals surface area contributed by atoms with Crippen LogP contribution < -0.4 is 31.2 Å². The SMILES string of the molecule is COc1cc(NNc2ccc(S(N)(=O)=O)cc2)c(OC)cc1[NH3+].